The molecule has 0 amide bonds. The van der Waals surface area contributed by atoms with Gasteiger partial charge in [0.15, 0.2) is 0 Å². The summed E-state index contributed by atoms with van der Waals surface area (Å²) >= 11 is 0. The molecule has 0 aliphatic carbocycles. The zero-order valence-corrected chi connectivity index (χ0v) is 18.9. The molecule has 1 aromatic rings. The van der Waals surface area contributed by atoms with E-state index in [1.54, 1.807) is 0 Å². The lowest BCUT2D eigenvalue weighted by Gasteiger charge is -2.05. The number of rotatable bonds is 19. The van der Waals surface area contributed by atoms with Crippen LogP contribution in [0.3, 0.4) is 0 Å². The lowest BCUT2D eigenvalue weighted by atomic mass is 10.0. The number of hydrogen-bond acceptors (Lipinski definition) is 2. The fraction of sp³-hybridized carbons (Fsp3) is 0.704. The molecule has 0 saturated carbocycles. The first-order valence-corrected chi connectivity index (χ1v) is 12.4. The number of benzene rings is 1. The van der Waals surface area contributed by atoms with Crippen molar-refractivity contribution in [2.45, 2.75) is 109 Å². The zero-order chi connectivity index (χ0) is 20.4. The highest BCUT2D eigenvalue weighted by Crippen LogP contribution is 2.17. The number of epoxide rings is 1. The molecule has 1 aliphatic heterocycles. The van der Waals surface area contributed by atoms with Crippen molar-refractivity contribution in [2.75, 3.05) is 13.2 Å². The number of aryl methyl sites for hydroxylation is 1. The predicted molar refractivity (Wildman–Crippen MR) is 125 cm³/mol. The van der Waals surface area contributed by atoms with Crippen LogP contribution in [0.1, 0.15) is 102 Å². The molecule has 2 heteroatoms. The van der Waals surface area contributed by atoms with Crippen molar-refractivity contribution in [1.29, 1.82) is 0 Å². The Morgan fingerprint density at radius 1 is 0.793 bits per heavy atom. The van der Waals surface area contributed by atoms with E-state index in [9.17, 15) is 0 Å². The van der Waals surface area contributed by atoms with Crippen molar-refractivity contribution in [3.05, 3.63) is 42.0 Å². The highest BCUT2D eigenvalue weighted by atomic mass is 16.6. The van der Waals surface area contributed by atoms with Gasteiger partial charge in [-0.2, -0.15) is 0 Å². The summed E-state index contributed by atoms with van der Waals surface area (Å²) in [6.07, 6.45) is 25.6. The molecule has 2 nitrogen and oxygen atoms in total. The van der Waals surface area contributed by atoms with Crippen LogP contribution in [-0.2, 0) is 11.2 Å². The maximum Gasteiger partial charge on any atom is 0.119 e. The Hall–Kier alpha value is -1.28. The van der Waals surface area contributed by atoms with Gasteiger partial charge < -0.3 is 9.47 Å². The topological polar surface area (TPSA) is 21.8 Å². The molecule has 1 saturated heterocycles. The van der Waals surface area contributed by atoms with Crippen LogP contribution in [0.5, 0.6) is 5.75 Å². The van der Waals surface area contributed by atoms with E-state index in [1.807, 2.05) is 0 Å². The SMILES string of the molecule is CCCCCCCCCCCCC/C=C/CCCc1ccc(OCC2CO2)cc1. The van der Waals surface area contributed by atoms with Gasteiger partial charge in [0.05, 0.1) is 6.61 Å². The molecule has 164 valence electrons. The predicted octanol–water partition coefficient (Wildman–Crippen LogP) is 8.04. The third-order valence-electron chi connectivity index (χ3n) is 5.74. The first-order chi connectivity index (χ1) is 14.4. The summed E-state index contributed by atoms with van der Waals surface area (Å²) in [6, 6.07) is 8.55. The fourth-order valence-corrected chi connectivity index (χ4v) is 3.69. The van der Waals surface area contributed by atoms with Crippen LogP contribution < -0.4 is 4.74 Å². The van der Waals surface area contributed by atoms with Crippen LogP contribution in [0.2, 0.25) is 0 Å². The molecule has 1 atom stereocenters. The summed E-state index contributed by atoms with van der Waals surface area (Å²) in [5.41, 5.74) is 1.40. The molecular formula is C27H44O2. The Labute approximate surface area is 180 Å². The molecule has 1 fully saturated rings. The molecule has 1 unspecified atom stereocenters. The Kier molecular flexibility index (Phi) is 13.7. The Morgan fingerprint density at radius 3 is 1.93 bits per heavy atom. The average molecular weight is 401 g/mol. The highest BCUT2D eigenvalue weighted by Gasteiger charge is 2.22. The smallest absolute Gasteiger partial charge is 0.119 e. The van der Waals surface area contributed by atoms with E-state index in [-0.39, 0.29) is 0 Å². The lowest BCUT2D eigenvalue weighted by molar-refractivity contribution is 0.263. The van der Waals surface area contributed by atoms with Gasteiger partial charge in [-0.25, -0.2) is 0 Å². The Bertz CT molecular complexity index is 516. The first kappa shape index (κ1) is 24.0. The van der Waals surface area contributed by atoms with E-state index in [0.717, 1.165) is 18.8 Å². The summed E-state index contributed by atoms with van der Waals surface area (Å²) in [5.74, 6) is 0.955. The van der Waals surface area contributed by atoms with Gasteiger partial charge in [-0.15, -0.1) is 0 Å². The van der Waals surface area contributed by atoms with E-state index in [4.69, 9.17) is 9.47 Å². The van der Waals surface area contributed by atoms with Gasteiger partial charge in [0.1, 0.15) is 18.5 Å². The minimum Gasteiger partial charge on any atom is -0.491 e. The van der Waals surface area contributed by atoms with Crippen molar-refractivity contribution >= 4 is 0 Å². The van der Waals surface area contributed by atoms with E-state index in [1.165, 1.54) is 95.5 Å². The van der Waals surface area contributed by atoms with E-state index in [2.05, 4.69) is 43.3 Å². The minimum absolute atomic E-state index is 0.326. The molecule has 0 radical (unpaired) electrons. The molecule has 1 aliphatic rings. The van der Waals surface area contributed by atoms with Crippen LogP contribution in [0.15, 0.2) is 36.4 Å². The zero-order valence-electron chi connectivity index (χ0n) is 18.9. The van der Waals surface area contributed by atoms with Crippen LogP contribution in [-0.4, -0.2) is 19.3 Å². The Morgan fingerprint density at radius 2 is 1.34 bits per heavy atom. The van der Waals surface area contributed by atoms with Gasteiger partial charge in [-0.3, -0.25) is 0 Å². The molecule has 2 rings (SSSR count). The van der Waals surface area contributed by atoms with Crippen LogP contribution in [0, 0.1) is 0 Å². The highest BCUT2D eigenvalue weighted by molar-refractivity contribution is 5.27. The number of hydrogen-bond donors (Lipinski definition) is 0. The van der Waals surface area contributed by atoms with Crippen LogP contribution in [0.25, 0.3) is 0 Å². The van der Waals surface area contributed by atoms with Gasteiger partial charge in [0.2, 0.25) is 0 Å². The summed E-state index contributed by atoms with van der Waals surface area (Å²) in [7, 11) is 0. The summed E-state index contributed by atoms with van der Waals surface area (Å²) in [5, 5.41) is 0. The van der Waals surface area contributed by atoms with Gasteiger partial charge in [-0.05, 0) is 49.8 Å². The van der Waals surface area contributed by atoms with E-state index in [0.29, 0.717) is 12.7 Å². The van der Waals surface area contributed by atoms with Crippen LogP contribution in [0.4, 0.5) is 0 Å². The third kappa shape index (κ3) is 13.5. The van der Waals surface area contributed by atoms with Crippen molar-refractivity contribution < 1.29 is 9.47 Å². The lowest BCUT2D eigenvalue weighted by Crippen LogP contribution is -2.03. The second kappa shape index (κ2) is 16.5. The molecule has 1 heterocycles. The maximum absolute atomic E-state index is 5.68. The molecular weight excluding hydrogens is 356 g/mol. The largest absolute Gasteiger partial charge is 0.491 e. The van der Waals surface area contributed by atoms with Gasteiger partial charge in [-0.1, -0.05) is 95.4 Å². The second-order valence-corrected chi connectivity index (χ2v) is 8.60. The summed E-state index contributed by atoms with van der Waals surface area (Å²) in [6.45, 7) is 3.83. The molecule has 29 heavy (non-hydrogen) atoms. The van der Waals surface area contributed by atoms with Crippen LogP contribution >= 0.6 is 0 Å². The molecule has 0 aromatic heterocycles. The third-order valence-corrected chi connectivity index (χ3v) is 5.74. The van der Waals surface area contributed by atoms with Gasteiger partial charge in [0.25, 0.3) is 0 Å². The van der Waals surface area contributed by atoms with Gasteiger partial charge >= 0.3 is 0 Å². The van der Waals surface area contributed by atoms with Gasteiger partial charge in [0, 0.05) is 0 Å². The maximum atomic E-state index is 5.68. The summed E-state index contributed by atoms with van der Waals surface area (Å²) in [4.78, 5) is 0. The first-order valence-electron chi connectivity index (χ1n) is 12.4. The van der Waals surface area contributed by atoms with E-state index >= 15 is 0 Å². The monoisotopic (exact) mass is 400 g/mol. The number of unbranched alkanes of at least 4 members (excludes halogenated alkanes) is 12. The minimum atomic E-state index is 0.326. The molecule has 0 spiro atoms. The number of allylic oxidation sites excluding steroid dienone is 2. The quantitative estimate of drug-likeness (QED) is 0.133. The molecule has 0 N–H and O–H groups in total. The Balaban J connectivity index is 1.34. The molecule has 1 aromatic carbocycles. The fourth-order valence-electron chi connectivity index (χ4n) is 3.69. The van der Waals surface area contributed by atoms with Crippen molar-refractivity contribution in [1.82, 2.24) is 0 Å². The standard InChI is InChI=1S/C27H44O2/c1-2-3-4-5-6-7-8-9-10-11-12-13-14-15-16-17-18-25-19-21-26(22-20-25)28-23-27-24-29-27/h14-15,19-22,27H,2-13,16-18,23-24H2,1H3/b15-14+. The molecule has 0 bridgehead atoms. The average Bonchev–Trinajstić information content (AvgIpc) is 3.57. The summed E-state index contributed by atoms with van der Waals surface area (Å²) < 4.78 is 10.8. The second-order valence-electron chi connectivity index (χ2n) is 8.60. The van der Waals surface area contributed by atoms with E-state index < -0.39 is 0 Å². The van der Waals surface area contributed by atoms with Crippen molar-refractivity contribution in [3.63, 3.8) is 0 Å². The number of ether oxygens (including phenoxy) is 2. The van der Waals surface area contributed by atoms with Crippen molar-refractivity contribution in [3.8, 4) is 5.75 Å². The van der Waals surface area contributed by atoms with Crippen molar-refractivity contribution in [2.24, 2.45) is 0 Å². The normalized spacial score (nSPS) is 15.8.